The largest absolute Gasteiger partial charge is 0.497 e. The number of hydrogen-bond donors (Lipinski definition) is 0. The molecule has 0 unspecified atom stereocenters. The van der Waals surface area contributed by atoms with Crippen LogP contribution in [0.2, 0.25) is 5.02 Å². The first-order chi connectivity index (χ1) is 14.1. The van der Waals surface area contributed by atoms with Gasteiger partial charge in [-0.3, -0.25) is 9.10 Å². The number of amides is 1. The Morgan fingerprint density at radius 3 is 2.30 bits per heavy atom. The van der Waals surface area contributed by atoms with E-state index in [1.54, 1.807) is 29.2 Å². The molecule has 30 heavy (non-hydrogen) atoms. The average molecular weight is 453 g/mol. The van der Waals surface area contributed by atoms with E-state index in [4.69, 9.17) is 21.1 Å². The molecule has 1 amide bonds. The van der Waals surface area contributed by atoms with Crippen LogP contribution in [0.25, 0.3) is 0 Å². The zero-order valence-corrected chi connectivity index (χ0v) is 18.9. The number of halogens is 1. The van der Waals surface area contributed by atoms with Gasteiger partial charge in [0, 0.05) is 20.1 Å². The zero-order valence-electron chi connectivity index (χ0n) is 17.3. The van der Waals surface area contributed by atoms with Gasteiger partial charge in [-0.25, -0.2) is 8.42 Å². The molecule has 2 aromatic carbocycles. The van der Waals surface area contributed by atoms with E-state index in [0.717, 1.165) is 4.31 Å². The van der Waals surface area contributed by atoms with E-state index in [1.165, 1.54) is 32.4 Å². The van der Waals surface area contributed by atoms with Crippen molar-refractivity contribution in [3.05, 3.63) is 53.1 Å². The number of carbonyl (C=O) groups excluding carboxylic acids is 1. The number of carbonyl (C=O) groups is 1. The first-order valence-electron chi connectivity index (χ1n) is 9.50. The predicted octanol–water partition coefficient (Wildman–Crippen LogP) is 3.42. The molecule has 9 heteroatoms. The molecule has 0 spiro atoms. The molecule has 1 aliphatic heterocycles. The van der Waals surface area contributed by atoms with Crippen LogP contribution >= 0.6 is 11.6 Å². The number of anilines is 1. The summed E-state index contributed by atoms with van der Waals surface area (Å²) in [5.41, 5.74) is 0.622. The van der Waals surface area contributed by atoms with E-state index in [2.05, 4.69) is 0 Å². The molecular weight excluding hydrogens is 428 g/mol. The molecule has 0 aromatic heterocycles. The summed E-state index contributed by atoms with van der Waals surface area (Å²) in [5, 5.41) is 0.206. The van der Waals surface area contributed by atoms with Crippen molar-refractivity contribution in [1.82, 2.24) is 4.90 Å². The van der Waals surface area contributed by atoms with Gasteiger partial charge in [-0.05, 0) is 56.3 Å². The lowest BCUT2D eigenvalue weighted by atomic mass is 10.1. The van der Waals surface area contributed by atoms with Gasteiger partial charge in [0.1, 0.15) is 5.75 Å². The van der Waals surface area contributed by atoms with Crippen LogP contribution in [0.5, 0.6) is 5.75 Å². The van der Waals surface area contributed by atoms with E-state index in [-0.39, 0.29) is 33.6 Å². The highest BCUT2D eigenvalue weighted by Crippen LogP contribution is 2.28. The summed E-state index contributed by atoms with van der Waals surface area (Å²) >= 11 is 6.26. The highest BCUT2D eigenvalue weighted by molar-refractivity contribution is 7.92. The monoisotopic (exact) mass is 452 g/mol. The van der Waals surface area contributed by atoms with Crippen molar-refractivity contribution in [3.63, 3.8) is 0 Å². The van der Waals surface area contributed by atoms with E-state index in [9.17, 15) is 13.2 Å². The maximum Gasteiger partial charge on any atom is 0.264 e. The number of benzene rings is 2. The van der Waals surface area contributed by atoms with Crippen LogP contribution in [0.1, 0.15) is 24.2 Å². The highest BCUT2D eigenvalue weighted by Gasteiger charge is 2.29. The lowest BCUT2D eigenvalue weighted by molar-refractivity contribution is -0.0586. The van der Waals surface area contributed by atoms with E-state index < -0.39 is 10.0 Å². The maximum atomic E-state index is 13.2. The Balaban J connectivity index is 1.91. The second-order valence-corrected chi connectivity index (χ2v) is 9.66. The Hall–Kier alpha value is -2.29. The summed E-state index contributed by atoms with van der Waals surface area (Å²) in [6.45, 7) is 4.62. The van der Waals surface area contributed by atoms with E-state index in [0.29, 0.717) is 24.5 Å². The fourth-order valence-corrected chi connectivity index (χ4v) is 4.85. The van der Waals surface area contributed by atoms with Crippen LogP contribution in [0.4, 0.5) is 5.69 Å². The smallest absolute Gasteiger partial charge is 0.264 e. The fourth-order valence-electron chi connectivity index (χ4n) is 3.43. The minimum Gasteiger partial charge on any atom is -0.497 e. The summed E-state index contributed by atoms with van der Waals surface area (Å²) in [4.78, 5) is 14.7. The van der Waals surface area contributed by atoms with Crippen molar-refractivity contribution in [1.29, 1.82) is 0 Å². The van der Waals surface area contributed by atoms with Gasteiger partial charge in [0.25, 0.3) is 15.9 Å². The molecule has 0 N–H and O–H groups in total. The lowest BCUT2D eigenvalue weighted by Gasteiger charge is -2.35. The van der Waals surface area contributed by atoms with Crippen molar-refractivity contribution in [2.75, 3.05) is 31.6 Å². The van der Waals surface area contributed by atoms with Gasteiger partial charge in [0.2, 0.25) is 0 Å². The lowest BCUT2D eigenvalue weighted by Crippen LogP contribution is -2.48. The van der Waals surface area contributed by atoms with Crippen LogP contribution in [0, 0.1) is 0 Å². The van der Waals surface area contributed by atoms with Crippen molar-refractivity contribution < 1.29 is 22.7 Å². The number of methoxy groups -OCH3 is 1. The zero-order chi connectivity index (χ0) is 22.1. The molecular formula is C21H25ClN2O5S. The molecule has 0 radical (unpaired) electrons. The molecule has 7 nitrogen and oxygen atoms in total. The average Bonchev–Trinajstić information content (AvgIpc) is 2.72. The molecule has 0 aliphatic carbocycles. The second-order valence-electron chi connectivity index (χ2n) is 7.28. The van der Waals surface area contributed by atoms with Gasteiger partial charge in [0.15, 0.2) is 0 Å². The molecule has 0 bridgehead atoms. The van der Waals surface area contributed by atoms with E-state index in [1.807, 2.05) is 13.8 Å². The van der Waals surface area contributed by atoms with Crippen molar-refractivity contribution in [3.8, 4) is 5.75 Å². The Morgan fingerprint density at radius 1 is 1.13 bits per heavy atom. The maximum absolute atomic E-state index is 13.2. The second kappa shape index (κ2) is 8.83. The minimum atomic E-state index is -3.90. The van der Waals surface area contributed by atoms with Gasteiger partial charge in [-0.15, -0.1) is 0 Å². The Morgan fingerprint density at radius 2 is 1.73 bits per heavy atom. The van der Waals surface area contributed by atoms with Gasteiger partial charge in [-0.1, -0.05) is 11.6 Å². The summed E-state index contributed by atoms with van der Waals surface area (Å²) in [7, 11) is -0.902. The van der Waals surface area contributed by atoms with Gasteiger partial charge in [0.05, 0.1) is 40.5 Å². The molecule has 1 heterocycles. The van der Waals surface area contributed by atoms with Gasteiger partial charge in [-0.2, -0.15) is 0 Å². The molecule has 3 rings (SSSR count). The highest BCUT2D eigenvalue weighted by atomic mass is 35.5. The molecule has 1 aliphatic rings. The quantitative estimate of drug-likeness (QED) is 0.694. The number of rotatable bonds is 5. The van der Waals surface area contributed by atoms with E-state index >= 15 is 0 Å². The third kappa shape index (κ3) is 4.55. The van der Waals surface area contributed by atoms with Crippen molar-refractivity contribution in [2.24, 2.45) is 0 Å². The first-order valence-corrected chi connectivity index (χ1v) is 11.3. The third-order valence-electron chi connectivity index (χ3n) is 4.97. The van der Waals surface area contributed by atoms with Gasteiger partial charge < -0.3 is 14.4 Å². The van der Waals surface area contributed by atoms with Crippen LogP contribution in [-0.4, -0.2) is 58.7 Å². The summed E-state index contributed by atoms with van der Waals surface area (Å²) in [5.74, 6) is 0.309. The normalized spacial score (nSPS) is 19.4. The molecule has 1 saturated heterocycles. The summed E-state index contributed by atoms with van der Waals surface area (Å²) in [6.07, 6.45) is -0.214. The minimum absolute atomic E-state index is 0.0112. The van der Waals surface area contributed by atoms with Crippen LogP contribution in [0.15, 0.2) is 47.4 Å². The van der Waals surface area contributed by atoms with Crippen LogP contribution < -0.4 is 9.04 Å². The topological polar surface area (TPSA) is 76.2 Å². The number of nitrogens with zero attached hydrogens (tertiary/aromatic N) is 2. The molecule has 1 fully saturated rings. The Bertz CT molecular complexity index is 1020. The predicted molar refractivity (Wildman–Crippen MR) is 116 cm³/mol. The number of sulfonamides is 1. The van der Waals surface area contributed by atoms with Gasteiger partial charge >= 0.3 is 0 Å². The Labute approximate surface area is 182 Å². The van der Waals surface area contributed by atoms with Crippen LogP contribution in [-0.2, 0) is 14.8 Å². The fraction of sp³-hybridized carbons (Fsp3) is 0.381. The third-order valence-corrected chi connectivity index (χ3v) is 7.08. The number of morpholine rings is 1. The number of ether oxygens (including phenoxy) is 2. The van der Waals surface area contributed by atoms with Crippen molar-refractivity contribution in [2.45, 2.75) is 31.0 Å². The Kier molecular flexibility index (Phi) is 6.59. The molecule has 2 atom stereocenters. The van der Waals surface area contributed by atoms with Crippen LogP contribution in [0.3, 0.4) is 0 Å². The molecule has 0 saturated carbocycles. The standard InChI is InChI=1S/C21H25ClN2O5S/c1-14-12-24(13-15(2)29-14)21(25)19-11-18(9-10-20(19)22)30(26,27)23(3)16-5-7-17(28-4)8-6-16/h5-11,14-15H,12-13H2,1-4H3/t14-,15+. The number of hydrogen-bond acceptors (Lipinski definition) is 5. The summed E-state index contributed by atoms with van der Waals surface area (Å²) in [6, 6.07) is 10.8. The SMILES string of the molecule is COc1ccc(N(C)S(=O)(=O)c2ccc(Cl)c(C(=O)N3C[C@@H](C)O[C@@H](C)C3)c2)cc1. The first kappa shape index (κ1) is 22.4. The summed E-state index contributed by atoms with van der Waals surface area (Å²) < 4.78 is 38.3. The molecule has 2 aromatic rings. The van der Waals surface area contributed by atoms with Crippen molar-refractivity contribution >= 4 is 33.2 Å². The molecule has 162 valence electrons.